The number of benzene rings is 3. The Labute approximate surface area is 218 Å². The number of hydrogen-bond donors (Lipinski definition) is 0. The lowest BCUT2D eigenvalue weighted by molar-refractivity contribution is -0.137. The van der Waals surface area contributed by atoms with E-state index in [1.807, 2.05) is 42.5 Å². The highest BCUT2D eigenvalue weighted by molar-refractivity contribution is 8.18. The number of imide groups is 1. The molecule has 3 aromatic carbocycles. The van der Waals surface area contributed by atoms with Gasteiger partial charge < -0.3 is 19.1 Å². The Bertz CT molecular complexity index is 1380. The van der Waals surface area contributed by atoms with Crippen LogP contribution in [0, 0.1) is 0 Å². The Kier molecular flexibility index (Phi) is 7.43. The number of amides is 3. The van der Waals surface area contributed by atoms with Crippen LogP contribution in [0.1, 0.15) is 11.1 Å². The molecule has 0 spiro atoms. The summed E-state index contributed by atoms with van der Waals surface area (Å²) in [5, 5.41) is 1.77. The normalized spacial score (nSPS) is 17.1. The maximum atomic E-state index is 13.1. The standard InChI is InChI=1S/C28H26N2O6S/c1-34-24-15-19(9-10-23(24)36-18-26(31)29-11-13-35-14-12-29)16-25-27(32)30(28(33)37-25)17-21-7-4-6-20-5-2-3-8-22(20)21/h2-10,15-16H,11-14,17-18H2,1H3/b25-16-. The molecule has 2 aliphatic rings. The van der Waals surface area contributed by atoms with Crippen molar-refractivity contribution in [2.45, 2.75) is 6.54 Å². The summed E-state index contributed by atoms with van der Waals surface area (Å²) >= 11 is 0.915. The predicted octanol–water partition coefficient (Wildman–Crippen LogP) is 4.32. The molecule has 3 aromatic rings. The van der Waals surface area contributed by atoms with E-state index in [9.17, 15) is 14.4 Å². The average Bonchev–Trinajstić information content (AvgIpc) is 3.19. The Morgan fingerprint density at radius 1 is 1.03 bits per heavy atom. The van der Waals surface area contributed by atoms with E-state index in [1.54, 1.807) is 29.2 Å². The molecule has 37 heavy (non-hydrogen) atoms. The van der Waals surface area contributed by atoms with Crippen LogP contribution in [0.25, 0.3) is 16.8 Å². The highest BCUT2D eigenvalue weighted by Crippen LogP contribution is 2.36. The minimum atomic E-state index is -0.335. The van der Waals surface area contributed by atoms with E-state index in [1.165, 1.54) is 12.0 Å². The zero-order chi connectivity index (χ0) is 25.8. The van der Waals surface area contributed by atoms with Crippen molar-refractivity contribution in [3.63, 3.8) is 0 Å². The third-order valence-electron chi connectivity index (χ3n) is 6.28. The van der Waals surface area contributed by atoms with Gasteiger partial charge in [0.2, 0.25) is 0 Å². The topological polar surface area (TPSA) is 85.4 Å². The lowest BCUT2D eigenvalue weighted by atomic mass is 10.0. The number of methoxy groups -OCH3 is 1. The van der Waals surface area contributed by atoms with E-state index in [0.717, 1.165) is 28.1 Å². The van der Waals surface area contributed by atoms with E-state index < -0.39 is 0 Å². The second-order valence-corrected chi connectivity index (χ2v) is 9.59. The van der Waals surface area contributed by atoms with Gasteiger partial charge in [0.1, 0.15) is 0 Å². The fraction of sp³-hybridized carbons (Fsp3) is 0.250. The van der Waals surface area contributed by atoms with Crippen LogP contribution in [-0.2, 0) is 20.9 Å². The number of nitrogens with zero attached hydrogens (tertiary/aromatic N) is 2. The molecule has 2 aliphatic heterocycles. The average molecular weight is 519 g/mol. The van der Waals surface area contributed by atoms with Gasteiger partial charge >= 0.3 is 0 Å². The molecule has 8 nitrogen and oxygen atoms in total. The SMILES string of the molecule is COc1cc(/C=C2\SC(=O)N(Cc3cccc4ccccc34)C2=O)ccc1OCC(=O)N1CCOCC1. The molecule has 2 saturated heterocycles. The van der Waals surface area contributed by atoms with Gasteiger partial charge in [0.25, 0.3) is 17.1 Å². The second-order valence-electron chi connectivity index (χ2n) is 8.60. The number of morpholine rings is 1. The lowest BCUT2D eigenvalue weighted by Crippen LogP contribution is -2.43. The monoisotopic (exact) mass is 518 g/mol. The van der Waals surface area contributed by atoms with Crippen molar-refractivity contribution in [2.24, 2.45) is 0 Å². The summed E-state index contributed by atoms with van der Waals surface area (Å²) < 4.78 is 16.4. The molecule has 0 aliphatic carbocycles. The molecule has 190 valence electrons. The smallest absolute Gasteiger partial charge is 0.293 e. The highest BCUT2D eigenvalue weighted by Gasteiger charge is 2.35. The number of thioether (sulfide) groups is 1. The first-order valence-corrected chi connectivity index (χ1v) is 12.7. The van der Waals surface area contributed by atoms with Gasteiger partial charge in [-0.1, -0.05) is 48.5 Å². The Morgan fingerprint density at radius 3 is 2.62 bits per heavy atom. The Balaban J connectivity index is 1.29. The molecule has 5 rings (SSSR count). The third kappa shape index (κ3) is 5.47. The summed E-state index contributed by atoms with van der Waals surface area (Å²) in [4.78, 5) is 41.5. The molecular weight excluding hydrogens is 492 g/mol. The second kappa shape index (κ2) is 11.1. The maximum absolute atomic E-state index is 13.1. The number of carbonyl (C=O) groups excluding carboxylic acids is 3. The van der Waals surface area contributed by atoms with Crippen molar-refractivity contribution in [3.05, 3.63) is 76.7 Å². The number of rotatable bonds is 7. The van der Waals surface area contributed by atoms with E-state index in [2.05, 4.69) is 0 Å². The third-order valence-corrected chi connectivity index (χ3v) is 7.19. The molecule has 0 unspecified atom stereocenters. The number of fused-ring (bicyclic) bond motifs is 1. The van der Waals surface area contributed by atoms with Gasteiger partial charge in [0.05, 0.1) is 31.8 Å². The first kappa shape index (κ1) is 24.9. The van der Waals surface area contributed by atoms with Crippen molar-refractivity contribution in [1.29, 1.82) is 0 Å². The van der Waals surface area contributed by atoms with Crippen LogP contribution in [0.4, 0.5) is 4.79 Å². The number of ether oxygens (including phenoxy) is 3. The molecule has 0 N–H and O–H groups in total. The number of carbonyl (C=O) groups is 3. The van der Waals surface area contributed by atoms with Gasteiger partial charge in [-0.3, -0.25) is 19.3 Å². The van der Waals surface area contributed by atoms with Crippen molar-refractivity contribution >= 4 is 45.7 Å². The van der Waals surface area contributed by atoms with E-state index in [4.69, 9.17) is 14.2 Å². The van der Waals surface area contributed by atoms with Gasteiger partial charge in [0.15, 0.2) is 18.1 Å². The van der Waals surface area contributed by atoms with Crippen LogP contribution < -0.4 is 9.47 Å². The molecule has 0 saturated carbocycles. The van der Waals surface area contributed by atoms with Crippen LogP contribution in [0.15, 0.2) is 65.6 Å². The molecule has 3 amide bonds. The van der Waals surface area contributed by atoms with Crippen LogP contribution in [0.3, 0.4) is 0 Å². The van der Waals surface area contributed by atoms with Gasteiger partial charge in [-0.2, -0.15) is 0 Å². The molecular formula is C28H26N2O6S. The summed E-state index contributed by atoms with van der Waals surface area (Å²) in [6, 6.07) is 18.9. The van der Waals surface area contributed by atoms with Crippen molar-refractivity contribution in [2.75, 3.05) is 40.0 Å². The zero-order valence-electron chi connectivity index (χ0n) is 20.3. The molecule has 0 radical (unpaired) electrons. The summed E-state index contributed by atoms with van der Waals surface area (Å²) in [5.74, 6) is 0.400. The molecule has 9 heteroatoms. The maximum Gasteiger partial charge on any atom is 0.293 e. The molecule has 0 aromatic heterocycles. The summed E-state index contributed by atoms with van der Waals surface area (Å²) in [7, 11) is 1.51. The lowest BCUT2D eigenvalue weighted by Gasteiger charge is -2.26. The van der Waals surface area contributed by atoms with E-state index in [0.29, 0.717) is 48.3 Å². The van der Waals surface area contributed by atoms with Gasteiger partial charge in [0, 0.05) is 13.1 Å². The van der Waals surface area contributed by atoms with Crippen molar-refractivity contribution < 1.29 is 28.6 Å². The largest absolute Gasteiger partial charge is 0.493 e. The van der Waals surface area contributed by atoms with Crippen LogP contribution in [0.5, 0.6) is 11.5 Å². The van der Waals surface area contributed by atoms with Crippen LogP contribution >= 0.6 is 11.8 Å². The van der Waals surface area contributed by atoms with Crippen LogP contribution in [0.2, 0.25) is 0 Å². The van der Waals surface area contributed by atoms with Crippen LogP contribution in [-0.4, -0.2) is 66.9 Å². The Hall–Kier alpha value is -3.82. The van der Waals surface area contributed by atoms with Gasteiger partial charge in [-0.15, -0.1) is 0 Å². The quantitative estimate of drug-likeness (QED) is 0.431. The molecule has 0 atom stereocenters. The van der Waals surface area contributed by atoms with E-state index in [-0.39, 0.29) is 30.2 Å². The molecule has 2 heterocycles. The minimum absolute atomic E-state index is 0.108. The molecule has 2 fully saturated rings. The fourth-order valence-corrected chi connectivity index (χ4v) is 5.16. The van der Waals surface area contributed by atoms with Gasteiger partial charge in [-0.25, -0.2) is 0 Å². The summed E-state index contributed by atoms with van der Waals surface area (Å²) in [6.45, 7) is 2.25. The van der Waals surface area contributed by atoms with Crippen molar-refractivity contribution in [3.8, 4) is 11.5 Å². The molecule has 0 bridgehead atoms. The first-order chi connectivity index (χ1) is 18.0. The first-order valence-electron chi connectivity index (χ1n) is 11.9. The predicted molar refractivity (Wildman–Crippen MR) is 141 cm³/mol. The highest BCUT2D eigenvalue weighted by atomic mass is 32.2. The zero-order valence-corrected chi connectivity index (χ0v) is 21.2. The minimum Gasteiger partial charge on any atom is -0.493 e. The Morgan fingerprint density at radius 2 is 1.81 bits per heavy atom. The van der Waals surface area contributed by atoms with E-state index >= 15 is 0 Å². The summed E-state index contributed by atoms with van der Waals surface area (Å²) in [6.07, 6.45) is 1.67. The fourth-order valence-electron chi connectivity index (χ4n) is 4.33. The van der Waals surface area contributed by atoms with Crippen molar-refractivity contribution in [1.82, 2.24) is 9.80 Å². The number of hydrogen-bond acceptors (Lipinski definition) is 7. The summed E-state index contributed by atoms with van der Waals surface area (Å²) in [5.41, 5.74) is 1.59. The van der Waals surface area contributed by atoms with Gasteiger partial charge in [-0.05, 0) is 51.9 Å².